The minimum atomic E-state index is -1.19. The number of hydrogen-bond donors (Lipinski definition) is 3. The Labute approximate surface area is 132 Å². The minimum absolute atomic E-state index is 0.246. The summed E-state index contributed by atoms with van der Waals surface area (Å²) in [5.74, 6) is -2.29. The second-order valence-corrected chi connectivity index (χ2v) is 4.76. The summed E-state index contributed by atoms with van der Waals surface area (Å²) in [4.78, 5) is 26.2. The monoisotopic (exact) mass is 309 g/mol. The van der Waals surface area contributed by atoms with Crippen molar-refractivity contribution in [3.63, 3.8) is 0 Å². The third kappa shape index (κ3) is 3.47. The molecule has 0 atom stereocenters. The first-order chi connectivity index (χ1) is 10.9. The van der Waals surface area contributed by atoms with Crippen LogP contribution in [0.4, 0.5) is 0 Å². The van der Waals surface area contributed by atoms with Gasteiger partial charge in [0.1, 0.15) is 20.1 Å². The van der Waals surface area contributed by atoms with E-state index in [1.54, 1.807) is 32.1 Å². The lowest BCUT2D eigenvalue weighted by molar-refractivity contribution is -0.135. The summed E-state index contributed by atoms with van der Waals surface area (Å²) in [5, 5.41) is 29.8. The van der Waals surface area contributed by atoms with Crippen LogP contribution in [0, 0.1) is 11.3 Å². The Morgan fingerprint density at radius 2 is 2.13 bits per heavy atom. The molecule has 1 aromatic carbocycles. The van der Waals surface area contributed by atoms with Crippen LogP contribution in [0.25, 0.3) is 11.1 Å². The molecule has 1 aromatic heterocycles. The number of aromatic nitrogens is 1. The van der Waals surface area contributed by atoms with Crippen LogP contribution >= 0.6 is 0 Å². The lowest BCUT2D eigenvalue weighted by atomic mass is 9.86. The number of nitriles is 1. The summed E-state index contributed by atoms with van der Waals surface area (Å²) < 4.78 is 0. The van der Waals surface area contributed by atoms with Crippen LogP contribution in [-0.2, 0) is 4.79 Å². The van der Waals surface area contributed by atoms with Crippen LogP contribution in [0.2, 0.25) is 0 Å². The Morgan fingerprint density at radius 1 is 1.39 bits per heavy atom. The molecule has 0 aliphatic heterocycles. The normalized spacial score (nSPS) is 9.87. The highest BCUT2D eigenvalue weighted by atomic mass is 16.4. The van der Waals surface area contributed by atoms with Gasteiger partial charge in [-0.3, -0.25) is 9.59 Å². The fourth-order valence-corrected chi connectivity index (χ4v) is 2.05. The molecule has 0 saturated carbocycles. The predicted molar refractivity (Wildman–Crippen MR) is 84.2 cm³/mol. The second kappa shape index (κ2) is 6.62. The van der Waals surface area contributed by atoms with Gasteiger partial charge in [-0.2, -0.15) is 5.26 Å². The largest absolute Gasteiger partial charge is 0.506 e. The van der Waals surface area contributed by atoms with E-state index in [4.69, 9.17) is 10.4 Å². The number of nitrogens with zero attached hydrogens (tertiary/aromatic N) is 2. The lowest BCUT2D eigenvalue weighted by Gasteiger charge is -2.11. The van der Waals surface area contributed by atoms with Crippen molar-refractivity contribution in [3.8, 4) is 22.9 Å². The smallest absolute Gasteiger partial charge is 0.322 e. The zero-order chi connectivity index (χ0) is 17.0. The van der Waals surface area contributed by atoms with Crippen LogP contribution in [0.3, 0.4) is 0 Å². The Balaban J connectivity index is 2.39. The Bertz CT molecular complexity index is 830. The Kier molecular flexibility index (Phi) is 4.62. The van der Waals surface area contributed by atoms with E-state index in [-0.39, 0.29) is 11.4 Å². The highest BCUT2D eigenvalue weighted by Gasteiger charge is 2.18. The molecule has 3 N–H and O–H groups in total. The second-order valence-electron chi connectivity index (χ2n) is 4.76. The van der Waals surface area contributed by atoms with E-state index in [2.05, 4.69) is 10.3 Å². The number of carboxylic acids is 1. The van der Waals surface area contributed by atoms with Gasteiger partial charge in [0.25, 0.3) is 5.91 Å². The summed E-state index contributed by atoms with van der Waals surface area (Å²) in [6.45, 7) is -0.565. The van der Waals surface area contributed by atoms with E-state index < -0.39 is 18.4 Å². The van der Waals surface area contributed by atoms with Gasteiger partial charge < -0.3 is 15.5 Å². The SMILES string of the molecule is Bc1c(-c2cccc(C#N)c2)cnc(C(=O)NCC(=O)O)c1O. The van der Waals surface area contributed by atoms with Crippen molar-refractivity contribution in [2.45, 2.75) is 0 Å². The fourth-order valence-electron chi connectivity index (χ4n) is 2.05. The molecule has 8 heteroatoms. The van der Waals surface area contributed by atoms with Gasteiger partial charge in [0.05, 0.1) is 11.6 Å². The summed E-state index contributed by atoms with van der Waals surface area (Å²) in [7, 11) is 1.61. The molecule has 0 bridgehead atoms. The molecular weight excluding hydrogens is 297 g/mol. The van der Waals surface area contributed by atoms with Crippen molar-refractivity contribution in [1.82, 2.24) is 10.3 Å². The number of pyridine rings is 1. The van der Waals surface area contributed by atoms with Crippen molar-refractivity contribution in [3.05, 3.63) is 41.7 Å². The van der Waals surface area contributed by atoms with Gasteiger partial charge in [-0.1, -0.05) is 12.1 Å². The molecule has 1 amide bonds. The van der Waals surface area contributed by atoms with Crippen LogP contribution in [0.1, 0.15) is 16.1 Å². The van der Waals surface area contributed by atoms with Crippen molar-refractivity contribution < 1.29 is 19.8 Å². The number of benzene rings is 1. The zero-order valence-corrected chi connectivity index (χ0v) is 12.2. The molecule has 2 rings (SSSR count). The molecule has 0 aliphatic rings. The van der Waals surface area contributed by atoms with Crippen molar-refractivity contribution >= 4 is 25.2 Å². The molecule has 114 valence electrons. The molecule has 23 heavy (non-hydrogen) atoms. The van der Waals surface area contributed by atoms with Gasteiger partial charge in [-0.25, -0.2) is 4.98 Å². The fraction of sp³-hybridized carbons (Fsp3) is 0.0667. The van der Waals surface area contributed by atoms with E-state index >= 15 is 0 Å². The van der Waals surface area contributed by atoms with Gasteiger partial charge in [-0.15, -0.1) is 0 Å². The summed E-state index contributed by atoms with van der Waals surface area (Å²) in [6.07, 6.45) is 1.40. The standard InChI is InChI=1S/C15H12BN3O4/c16-12-10(9-3-1-2-8(4-9)5-17)6-18-13(14(12)22)15(23)19-7-11(20)21/h1-4,6,22H,7,16H2,(H,19,23)(H,20,21). The maximum Gasteiger partial charge on any atom is 0.322 e. The molecule has 1 heterocycles. The molecule has 0 radical (unpaired) electrons. The third-order valence-corrected chi connectivity index (χ3v) is 3.22. The first-order valence-electron chi connectivity index (χ1n) is 6.63. The van der Waals surface area contributed by atoms with E-state index in [9.17, 15) is 14.7 Å². The first-order valence-corrected chi connectivity index (χ1v) is 6.63. The predicted octanol–water partition coefficient (Wildman–Crippen LogP) is -0.601. The maximum atomic E-state index is 11.8. The molecular formula is C15H12BN3O4. The summed E-state index contributed by atoms with van der Waals surface area (Å²) >= 11 is 0. The van der Waals surface area contributed by atoms with Crippen LogP contribution < -0.4 is 10.8 Å². The van der Waals surface area contributed by atoms with Gasteiger partial charge in [0.2, 0.25) is 0 Å². The Hall–Kier alpha value is -3.34. The highest BCUT2D eigenvalue weighted by Crippen LogP contribution is 2.22. The molecule has 0 unspecified atom stereocenters. The van der Waals surface area contributed by atoms with Crippen molar-refractivity contribution in [2.24, 2.45) is 0 Å². The highest BCUT2D eigenvalue weighted by molar-refractivity contribution is 6.38. The molecule has 0 fully saturated rings. The van der Waals surface area contributed by atoms with E-state index in [0.717, 1.165) is 0 Å². The van der Waals surface area contributed by atoms with Gasteiger partial charge >= 0.3 is 5.97 Å². The quantitative estimate of drug-likeness (QED) is 0.648. The van der Waals surface area contributed by atoms with Gasteiger partial charge in [0, 0.05) is 6.20 Å². The van der Waals surface area contributed by atoms with E-state index in [1.165, 1.54) is 6.20 Å². The molecule has 0 saturated heterocycles. The number of carboxylic acid groups (broad SMARTS) is 1. The first kappa shape index (κ1) is 16.0. The van der Waals surface area contributed by atoms with Crippen LogP contribution in [0.5, 0.6) is 5.75 Å². The number of aromatic hydroxyl groups is 1. The number of aliphatic carboxylic acids is 1. The van der Waals surface area contributed by atoms with Gasteiger partial charge in [-0.05, 0) is 28.7 Å². The number of amides is 1. The number of carbonyl (C=O) groups excluding carboxylic acids is 1. The zero-order valence-electron chi connectivity index (χ0n) is 12.2. The molecule has 0 aliphatic carbocycles. The molecule has 7 nitrogen and oxygen atoms in total. The number of nitrogens with one attached hydrogen (secondary N) is 1. The lowest BCUT2D eigenvalue weighted by Crippen LogP contribution is -2.31. The third-order valence-electron chi connectivity index (χ3n) is 3.22. The number of carbonyl (C=O) groups is 2. The van der Waals surface area contributed by atoms with Gasteiger partial charge in [0.15, 0.2) is 5.69 Å². The summed E-state index contributed by atoms with van der Waals surface area (Å²) in [5.41, 5.74) is 1.89. The van der Waals surface area contributed by atoms with Crippen molar-refractivity contribution in [1.29, 1.82) is 5.26 Å². The van der Waals surface area contributed by atoms with Crippen LogP contribution in [0.15, 0.2) is 30.5 Å². The summed E-state index contributed by atoms with van der Waals surface area (Å²) in [6, 6.07) is 8.79. The average molecular weight is 309 g/mol. The topological polar surface area (TPSA) is 123 Å². The molecule has 0 spiro atoms. The number of hydrogen-bond acceptors (Lipinski definition) is 5. The van der Waals surface area contributed by atoms with Crippen molar-refractivity contribution in [2.75, 3.05) is 6.54 Å². The average Bonchev–Trinajstić information content (AvgIpc) is 2.55. The minimum Gasteiger partial charge on any atom is -0.506 e. The Morgan fingerprint density at radius 3 is 2.78 bits per heavy atom. The van der Waals surface area contributed by atoms with E-state index in [0.29, 0.717) is 22.2 Å². The molecule has 2 aromatic rings. The number of rotatable bonds is 4. The van der Waals surface area contributed by atoms with Crippen LogP contribution in [-0.4, -0.2) is 41.5 Å². The van der Waals surface area contributed by atoms with E-state index in [1.807, 2.05) is 6.07 Å². The maximum absolute atomic E-state index is 11.8.